The predicted molar refractivity (Wildman–Crippen MR) is 88.0 cm³/mol. The van der Waals surface area contributed by atoms with E-state index in [1.165, 1.54) is 29.3 Å². The second-order valence-electron chi connectivity index (χ2n) is 7.05. The highest BCUT2D eigenvalue weighted by Crippen LogP contribution is 2.25. The molecule has 0 aliphatic rings. The molecule has 1 atom stereocenters. The molecule has 110 valence electrons. The van der Waals surface area contributed by atoms with Crippen molar-refractivity contribution in [1.82, 2.24) is 9.88 Å². The van der Waals surface area contributed by atoms with Crippen molar-refractivity contribution in [3.8, 4) is 0 Å². The van der Waals surface area contributed by atoms with Gasteiger partial charge in [0.05, 0.1) is 0 Å². The van der Waals surface area contributed by atoms with Gasteiger partial charge in [0.15, 0.2) is 0 Å². The van der Waals surface area contributed by atoms with Crippen molar-refractivity contribution in [2.24, 2.45) is 12.5 Å². The summed E-state index contributed by atoms with van der Waals surface area (Å²) in [6.07, 6.45) is 4.64. The molecule has 0 aliphatic heterocycles. The standard InChI is InChI=1S/C18H28N2/c1-14(19-12-7-11-18(2,3)4)15-8-6-9-17-16(15)10-13-20(17)5/h6,8-10,13-14,19H,7,11-12H2,1-5H3. The third kappa shape index (κ3) is 3.63. The summed E-state index contributed by atoms with van der Waals surface area (Å²) in [6, 6.07) is 9.21. The number of aromatic nitrogens is 1. The Morgan fingerprint density at radius 2 is 1.95 bits per heavy atom. The summed E-state index contributed by atoms with van der Waals surface area (Å²) in [5.41, 5.74) is 3.15. The fourth-order valence-electron chi connectivity index (χ4n) is 2.75. The Labute approximate surface area is 123 Å². The van der Waals surface area contributed by atoms with Crippen LogP contribution in [0.5, 0.6) is 0 Å². The van der Waals surface area contributed by atoms with Crippen LogP contribution in [0.1, 0.15) is 52.1 Å². The highest BCUT2D eigenvalue weighted by Gasteiger charge is 2.12. The predicted octanol–water partition coefficient (Wildman–Crippen LogP) is 4.66. The van der Waals surface area contributed by atoms with Gasteiger partial charge in [0.1, 0.15) is 0 Å². The number of hydrogen-bond acceptors (Lipinski definition) is 1. The number of nitrogens with one attached hydrogen (secondary N) is 1. The van der Waals surface area contributed by atoms with Gasteiger partial charge in [0.25, 0.3) is 0 Å². The molecule has 1 aromatic heterocycles. The van der Waals surface area contributed by atoms with Crippen LogP contribution in [0, 0.1) is 5.41 Å². The van der Waals surface area contributed by atoms with Crippen LogP contribution in [0.25, 0.3) is 10.9 Å². The zero-order valence-electron chi connectivity index (χ0n) is 13.5. The number of fused-ring (bicyclic) bond motifs is 1. The molecule has 0 bridgehead atoms. The monoisotopic (exact) mass is 272 g/mol. The normalized spacial score (nSPS) is 13.8. The molecule has 2 rings (SSSR count). The molecule has 1 aromatic carbocycles. The zero-order valence-corrected chi connectivity index (χ0v) is 13.5. The topological polar surface area (TPSA) is 17.0 Å². The van der Waals surface area contributed by atoms with Gasteiger partial charge in [-0.15, -0.1) is 0 Å². The van der Waals surface area contributed by atoms with Crippen LogP contribution >= 0.6 is 0 Å². The lowest BCUT2D eigenvalue weighted by Crippen LogP contribution is -2.21. The van der Waals surface area contributed by atoms with Crippen LogP contribution < -0.4 is 5.32 Å². The molecule has 20 heavy (non-hydrogen) atoms. The molecule has 1 N–H and O–H groups in total. The molecule has 2 nitrogen and oxygen atoms in total. The van der Waals surface area contributed by atoms with Crippen LogP contribution in [0.4, 0.5) is 0 Å². The highest BCUT2D eigenvalue weighted by molar-refractivity contribution is 5.84. The Bertz CT molecular complexity index is 560. The molecule has 2 heteroatoms. The molecule has 0 fully saturated rings. The largest absolute Gasteiger partial charge is 0.351 e. The van der Waals surface area contributed by atoms with E-state index < -0.39 is 0 Å². The molecule has 1 heterocycles. The molecule has 1 unspecified atom stereocenters. The lowest BCUT2D eigenvalue weighted by atomic mass is 9.90. The van der Waals surface area contributed by atoms with E-state index in [0.29, 0.717) is 11.5 Å². The zero-order chi connectivity index (χ0) is 14.8. The third-order valence-electron chi connectivity index (χ3n) is 3.98. The van der Waals surface area contributed by atoms with Crippen LogP contribution in [0.15, 0.2) is 30.5 Å². The lowest BCUT2D eigenvalue weighted by molar-refractivity contribution is 0.357. The maximum Gasteiger partial charge on any atom is 0.0481 e. The van der Waals surface area contributed by atoms with E-state index in [2.05, 4.69) is 75.1 Å². The summed E-state index contributed by atoms with van der Waals surface area (Å²) in [7, 11) is 2.10. The van der Waals surface area contributed by atoms with E-state index in [-0.39, 0.29) is 0 Å². The molecule has 0 amide bonds. The first-order valence-corrected chi connectivity index (χ1v) is 7.66. The summed E-state index contributed by atoms with van der Waals surface area (Å²) in [5, 5.41) is 5.03. The molecule has 0 saturated heterocycles. The van der Waals surface area contributed by atoms with Crippen molar-refractivity contribution in [3.05, 3.63) is 36.0 Å². The van der Waals surface area contributed by atoms with E-state index >= 15 is 0 Å². The minimum absolute atomic E-state index is 0.404. The van der Waals surface area contributed by atoms with Crippen molar-refractivity contribution in [2.45, 2.75) is 46.6 Å². The van der Waals surface area contributed by atoms with Crippen LogP contribution in [-0.2, 0) is 7.05 Å². The fourth-order valence-corrected chi connectivity index (χ4v) is 2.75. The average molecular weight is 272 g/mol. The Hall–Kier alpha value is -1.28. The average Bonchev–Trinajstić information content (AvgIpc) is 2.75. The van der Waals surface area contributed by atoms with E-state index in [1.807, 2.05) is 0 Å². The number of benzene rings is 1. The van der Waals surface area contributed by atoms with E-state index in [9.17, 15) is 0 Å². The van der Waals surface area contributed by atoms with Gasteiger partial charge in [-0.2, -0.15) is 0 Å². The van der Waals surface area contributed by atoms with E-state index in [0.717, 1.165) is 6.54 Å². The first-order chi connectivity index (χ1) is 9.38. The maximum atomic E-state index is 3.66. The Kier molecular flexibility index (Phi) is 4.54. The van der Waals surface area contributed by atoms with Crippen molar-refractivity contribution in [1.29, 1.82) is 0 Å². The molecular weight excluding hydrogens is 244 g/mol. The lowest BCUT2D eigenvalue weighted by Gasteiger charge is -2.20. The maximum absolute atomic E-state index is 3.66. The van der Waals surface area contributed by atoms with Gasteiger partial charge in [-0.25, -0.2) is 0 Å². The molecular formula is C18H28N2. The van der Waals surface area contributed by atoms with Crippen LogP contribution in [-0.4, -0.2) is 11.1 Å². The van der Waals surface area contributed by atoms with Gasteiger partial charge in [0, 0.05) is 30.2 Å². The second-order valence-corrected chi connectivity index (χ2v) is 7.05. The van der Waals surface area contributed by atoms with Gasteiger partial charge in [-0.05, 0) is 49.4 Å². The van der Waals surface area contributed by atoms with Crippen molar-refractivity contribution >= 4 is 10.9 Å². The third-order valence-corrected chi connectivity index (χ3v) is 3.98. The quantitative estimate of drug-likeness (QED) is 0.784. The molecule has 2 aromatic rings. The van der Waals surface area contributed by atoms with Gasteiger partial charge in [0.2, 0.25) is 0 Å². The summed E-state index contributed by atoms with van der Waals surface area (Å²) < 4.78 is 2.19. The minimum Gasteiger partial charge on any atom is -0.351 e. The van der Waals surface area contributed by atoms with Crippen molar-refractivity contribution in [2.75, 3.05) is 6.54 Å². The highest BCUT2D eigenvalue weighted by atomic mass is 14.9. The fraction of sp³-hybridized carbons (Fsp3) is 0.556. The first-order valence-electron chi connectivity index (χ1n) is 7.66. The van der Waals surface area contributed by atoms with Crippen LogP contribution in [0.2, 0.25) is 0 Å². The van der Waals surface area contributed by atoms with Gasteiger partial charge in [-0.1, -0.05) is 32.9 Å². The van der Waals surface area contributed by atoms with Gasteiger partial charge in [-0.3, -0.25) is 0 Å². The first kappa shape index (κ1) is 15.1. The van der Waals surface area contributed by atoms with Crippen LogP contribution in [0.3, 0.4) is 0 Å². The second kappa shape index (κ2) is 6.01. The summed E-state index contributed by atoms with van der Waals surface area (Å²) in [6.45, 7) is 10.3. The smallest absolute Gasteiger partial charge is 0.0481 e. The minimum atomic E-state index is 0.404. The number of aryl methyl sites for hydroxylation is 1. The Morgan fingerprint density at radius 3 is 2.65 bits per heavy atom. The number of rotatable bonds is 5. The molecule has 0 radical (unpaired) electrons. The van der Waals surface area contributed by atoms with E-state index in [4.69, 9.17) is 0 Å². The number of nitrogens with zero attached hydrogens (tertiary/aromatic N) is 1. The van der Waals surface area contributed by atoms with Gasteiger partial charge >= 0.3 is 0 Å². The molecule has 0 saturated carbocycles. The van der Waals surface area contributed by atoms with Crippen molar-refractivity contribution < 1.29 is 0 Å². The summed E-state index contributed by atoms with van der Waals surface area (Å²) in [5.74, 6) is 0. The Morgan fingerprint density at radius 1 is 1.20 bits per heavy atom. The Balaban J connectivity index is 1.99. The molecule has 0 aliphatic carbocycles. The summed E-state index contributed by atoms with van der Waals surface area (Å²) in [4.78, 5) is 0. The van der Waals surface area contributed by atoms with Gasteiger partial charge < -0.3 is 9.88 Å². The number of hydrogen-bond donors (Lipinski definition) is 1. The van der Waals surface area contributed by atoms with E-state index in [1.54, 1.807) is 0 Å². The molecule has 0 spiro atoms. The SMILES string of the molecule is CC(NCCCC(C)(C)C)c1cccc2c1ccn2C. The summed E-state index contributed by atoms with van der Waals surface area (Å²) >= 11 is 0. The van der Waals surface area contributed by atoms with Crippen molar-refractivity contribution in [3.63, 3.8) is 0 Å².